The van der Waals surface area contributed by atoms with E-state index >= 15 is 0 Å². The Kier molecular flexibility index (Phi) is 5.22. The van der Waals surface area contributed by atoms with Crippen LogP contribution >= 0.6 is 0 Å². The predicted molar refractivity (Wildman–Crippen MR) is 75.7 cm³/mol. The summed E-state index contributed by atoms with van der Waals surface area (Å²) in [5.74, 6) is 0.838. The molecule has 0 radical (unpaired) electrons. The van der Waals surface area contributed by atoms with Gasteiger partial charge in [-0.15, -0.1) is 0 Å². The average molecular weight is 268 g/mol. The zero-order valence-corrected chi connectivity index (χ0v) is 12.3. The standard InChI is InChI=1S/C15H28N2O2/c1-3-17(14-7-5-4-6-12(14)9-16)15(18)13-8-11(2)19-10-13/h11-14H,3-10,16H2,1-2H3. The topological polar surface area (TPSA) is 55.6 Å². The summed E-state index contributed by atoms with van der Waals surface area (Å²) in [5.41, 5.74) is 5.90. The van der Waals surface area contributed by atoms with Crippen LogP contribution in [0.15, 0.2) is 0 Å². The molecule has 1 amide bonds. The van der Waals surface area contributed by atoms with Crippen molar-refractivity contribution in [3.05, 3.63) is 0 Å². The van der Waals surface area contributed by atoms with Crippen molar-refractivity contribution in [2.45, 2.75) is 58.1 Å². The van der Waals surface area contributed by atoms with Crippen LogP contribution in [0.1, 0.15) is 46.0 Å². The Labute approximate surface area is 116 Å². The summed E-state index contributed by atoms with van der Waals surface area (Å²) in [6.07, 6.45) is 5.86. The molecule has 4 unspecified atom stereocenters. The lowest BCUT2D eigenvalue weighted by Gasteiger charge is -2.40. The maximum absolute atomic E-state index is 12.7. The van der Waals surface area contributed by atoms with Gasteiger partial charge in [0.2, 0.25) is 5.91 Å². The van der Waals surface area contributed by atoms with Crippen molar-refractivity contribution < 1.29 is 9.53 Å². The molecule has 110 valence electrons. The smallest absolute Gasteiger partial charge is 0.228 e. The summed E-state index contributed by atoms with van der Waals surface area (Å²) < 4.78 is 5.55. The van der Waals surface area contributed by atoms with Gasteiger partial charge in [-0.2, -0.15) is 0 Å². The van der Waals surface area contributed by atoms with Crippen LogP contribution in [0.4, 0.5) is 0 Å². The van der Waals surface area contributed by atoms with Gasteiger partial charge in [-0.05, 0) is 45.6 Å². The highest BCUT2D eigenvalue weighted by atomic mass is 16.5. The minimum Gasteiger partial charge on any atom is -0.378 e. The second-order valence-electron chi connectivity index (χ2n) is 6.05. The van der Waals surface area contributed by atoms with Crippen LogP contribution in [0.25, 0.3) is 0 Å². The van der Waals surface area contributed by atoms with Crippen molar-refractivity contribution >= 4 is 5.91 Å². The van der Waals surface area contributed by atoms with Gasteiger partial charge in [0, 0.05) is 12.6 Å². The highest BCUT2D eigenvalue weighted by Gasteiger charge is 2.36. The monoisotopic (exact) mass is 268 g/mol. The van der Waals surface area contributed by atoms with Crippen LogP contribution in [0.5, 0.6) is 0 Å². The molecule has 2 N–H and O–H groups in total. The Balaban J connectivity index is 2.03. The molecule has 4 atom stereocenters. The van der Waals surface area contributed by atoms with Crippen LogP contribution in [-0.4, -0.2) is 42.6 Å². The first kappa shape index (κ1) is 14.8. The second-order valence-corrected chi connectivity index (χ2v) is 6.05. The Bertz CT molecular complexity index is 309. The van der Waals surface area contributed by atoms with E-state index in [0.29, 0.717) is 25.1 Å². The van der Waals surface area contributed by atoms with Gasteiger partial charge in [-0.25, -0.2) is 0 Å². The Morgan fingerprint density at radius 2 is 2.11 bits per heavy atom. The molecular formula is C15H28N2O2. The number of carbonyl (C=O) groups is 1. The number of hydrogen-bond donors (Lipinski definition) is 1. The van der Waals surface area contributed by atoms with Gasteiger partial charge < -0.3 is 15.4 Å². The zero-order chi connectivity index (χ0) is 13.8. The first-order valence-electron chi connectivity index (χ1n) is 7.79. The van der Waals surface area contributed by atoms with Crippen molar-refractivity contribution in [3.8, 4) is 0 Å². The van der Waals surface area contributed by atoms with E-state index < -0.39 is 0 Å². The molecule has 0 aromatic carbocycles. The molecule has 1 heterocycles. The van der Waals surface area contributed by atoms with Gasteiger partial charge in [0.05, 0.1) is 18.6 Å². The number of hydrogen-bond acceptors (Lipinski definition) is 3. The fourth-order valence-corrected chi connectivity index (χ4v) is 3.65. The van der Waals surface area contributed by atoms with Gasteiger partial charge in [-0.1, -0.05) is 12.8 Å². The quantitative estimate of drug-likeness (QED) is 0.845. The van der Waals surface area contributed by atoms with Gasteiger partial charge in [0.25, 0.3) is 0 Å². The third kappa shape index (κ3) is 3.29. The van der Waals surface area contributed by atoms with E-state index in [0.717, 1.165) is 19.4 Å². The number of nitrogens with two attached hydrogens (primary N) is 1. The van der Waals surface area contributed by atoms with E-state index in [4.69, 9.17) is 10.5 Å². The van der Waals surface area contributed by atoms with Crippen LogP contribution in [0, 0.1) is 11.8 Å². The molecule has 1 saturated heterocycles. The lowest BCUT2D eigenvalue weighted by atomic mass is 9.83. The van der Waals surface area contributed by atoms with E-state index in [1.807, 2.05) is 6.92 Å². The lowest BCUT2D eigenvalue weighted by Crippen LogP contribution is -2.50. The second kappa shape index (κ2) is 6.71. The first-order valence-corrected chi connectivity index (χ1v) is 7.79. The summed E-state index contributed by atoms with van der Waals surface area (Å²) >= 11 is 0. The third-order valence-corrected chi connectivity index (χ3v) is 4.74. The summed E-state index contributed by atoms with van der Waals surface area (Å²) in [4.78, 5) is 14.8. The number of ether oxygens (including phenoxy) is 1. The van der Waals surface area contributed by atoms with E-state index in [-0.39, 0.29) is 17.9 Å². The molecular weight excluding hydrogens is 240 g/mol. The number of carbonyl (C=O) groups excluding carboxylic acids is 1. The maximum atomic E-state index is 12.7. The molecule has 0 aromatic rings. The first-order chi connectivity index (χ1) is 9.17. The molecule has 2 fully saturated rings. The minimum absolute atomic E-state index is 0.0651. The van der Waals surface area contributed by atoms with E-state index in [2.05, 4.69) is 11.8 Å². The van der Waals surface area contributed by atoms with Crippen molar-refractivity contribution in [3.63, 3.8) is 0 Å². The van der Waals surface area contributed by atoms with Gasteiger partial charge >= 0.3 is 0 Å². The fourth-order valence-electron chi connectivity index (χ4n) is 3.65. The van der Waals surface area contributed by atoms with Gasteiger partial charge in [-0.3, -0.25) is 4.79 Å². The van der Waals surface area contributed by atoms with Crippen LogP contribution in [-0.2, 0) is 9.53 Å². The summed E-state index contributed by atoms with van der Waals surface area (Å²) in [5, 5.41) is 0. The number of amides is 1. The molecule has 19 heavy (non-hydrogen) atoms. The molecule has 1 saturated carbocycles. The van der Waals surface area contributed by atoms with Crippen molar-refractivity contribution in [2.75, 3.05) is 19.7 Å². The maximum Gasteiger partial charge on any atom is 0.228 e. The molecule has 0 aromatic heterocycles. The predicted octanol–water partition coefficient (Wildman–Crippen LogP) is 1.78. The SMILES string of the molecule is CCN(C(=O)C1COC(C)C1)C1CCCCC1CN. The van der Waals surface area contributed by atoms with Gasteiger partial charge in [0.15, 0.2) is 0 Å². The van der Waals surface area contributed by atoms with E-state index in [1.165, 1.54) is 19.3 Å². The molecule has 2 aliphatic rings. The zero-order valence-electron chi connectivity index (χ0n) is 12.3. The molecule has 4 nitrogen and oxygen atoms in total. The number of rotatable bonds is 4. The molecule has 2 rings (SSSR count). The Morgan fingerprint density at radius 3 is 2.68 bits per heavy atom. The number of nitrogens with zero attached hydrogens (tertiary/aromatic N) is 1. The molecule has 4 heteroatoms. The van der Waals surface area contributed by atoms with Crippen molar-refractivity contribution in [1.29, 1.82) is 0 Å². The normalized spacial score (nSPS) is 35.3. The summed E-state index contributed by atoms with van der Waals surface area (Å²) in [6, 6.07) is 0.354. The highest BCUT2D eigenvalue weighted by molar-refractivity contribution is 5.79. The van der Waals surface area contributed by atoms with E-state index in [1.54, 1.807) is 0 Å². The Morgan fingerprint density at radius 1 is 1.37 bits per heavy atom. The fraction of sp³-hybridized carbons (Fsp3) is 0.933. The molecule has 0 bridgehead atoms. The molecule has 0 spiro atoms. The molecule has 1 aliphatic heterocycles. The largest absolute Gasteiger partial charge is 0.378 e. The van der Waals surface area contributed by atoms with Crippen molar-refractivity contribution in [2.24, 2.45) is 17.6 Å². The average Bonchev–Trinajstić information content (AvgIpc) is 2.86. The minimum atomic E-state index is 0.0651. The van der Waals surface area contributed by atoms with Crippen LogP contribution in [0.2, 0.25) is 0 Å². The third-order valence-electron chi connectivity index (χ3n) is 4.74. The summed E-state index contributed by atoms with van der Waals surface area (Å²) in [6.45, 7) is 6.22. The van der Waals surface area contributed by atoms with Crippen LogP contribution in [0.3, 0.4) is 0 Å². The van der Waals surface area contributed by atoms with Gasteiger partial charge in [0.1, 0.15) is 0 Å². The lowest BCUT2D eigenvalue weighted by molar-refractivity contribution is -0.139. The molecule has 1 aliphatic carbocycles. The highest BCUT2D eigenvalue weighted by Crippen LogP contribution is 2.30. The summed E-state index contributed by atoms with van der Waals surface area (Å²) in [7, 11) is 0. The van der Waals surface area contributed by atoms with E-state index in [9.17, 15) is 4.79 Å². The van der Waals surface area contributed by atoms with Crippen LogP contribution < -0.4 is 5.73 Å². The van der Waals surface area contributed by atoms with Crippen molar-refractivity contribution in [1.82, 2.24) is 4.90 Å². The Hall–Kier alpha value is -0.610.